The highest BCUT2D eigenvalue weighted by atomic mass is 16.5. The van der Waals surface area contributed by atoms with Crippen molar-refractivity contribution in [3.8, 4) is 34.4 Å². The number of aromatic nitrogens is 4. The molecule has 2 aliphatic heterocycles. The molecule has 5 N–H and O–H groups in total. The number of aromatic amines is 2. The van der Waals surface area contributed by atoms with Crippen LogP contribution in [0.2, 0.25) is 0 Å². The Balaban J connectivity index is 0.848. The third kappa shape index (κ3) is 6.91. The molecule has 2 aromatic carbocycles. The van der Waals surface area contributed by atoms with Crippen molar-refractivity contribution in [1.82, 2.24) is 40.4 Å². The highest BCUT2D eigenvalue weighted by molar-refractivity contribution is 5.88. The lowest BCUT2D eigenvalue weighted by Gasteiger charge is -2.31. The van der Waals surface area contributed by atoms with Gasteiger partial charge in [0.2, 0.25) is 11.8 Å². The first-order chi connectivity index (χ1) is 29.4. The average molecular weight is 825 g/mol. The van der Waals surface area contributed by atoms with E-state index in [1.54, 1.807) is 0 Å². The Morgan fingerprint density at radius 2 is 1.16 bits per heavy atom. The monoisotopic (exact) mass is 824 g/mol. The molecule has 0 spiro atoms. The molecule has 14 nitrogen and oxygen atoms in total. The number of amides is 4. The van der Waals surface area contributed by atoms with Crippen LogP contribution in [0.4, 0.5) is 9.59 Å². The Morgan fingerprint density at radius 1 is 0.705 bits per heavy atom. The molecule has 4 heterocycles. The summed E-state index contributed by atoms with van der Waals surface area (Å²) in [5.41, 5.74) is 10.5. The number of aryl methyl sites for hydroxylation is 4. The van der Waals surface area contributed by atoms with Gasteiger partial charge in [-0.15, -0.1) is 0 Å². The highest BCUT2D eigenvalue weighted by Gasteiger charge is 2.57. The van der Waals surface area contributed by atoms with E-state index in [1.807, 2.05) is 37.5 Å². The molecule has 316 valence electrons. The molecular weight excluding hydrogens is 773 g/mol. The van der Waals surface area contributed by atoms with Crippen LogP contribution in [0.5, 0.6) is 0 Å². The van der Waals surface area contributed by atoms with E-state index in [2.05, 4.69) is 68.8 Å². The van der Waals surface area contributed by atoms with Gasteiger partial charge in [0.25, 0.3) is 0 Å². The number of fused-ring (bicyclic) bond motifs is 8. The summed E-state index contributed by atoms with van der Waals surface area (Å²) in [7, 11) is 1.31. The molecular formula is C47H52N8O6. The summed E-state index contributed by atoms with van der Waals surface area (Å²) in [4.78, 5) is 72.6. The van der Waals surface area contributed by atoms with Gasteiger partial charge in [-0.05, 0) is 110 Å². The lowest BCUT2D eigenvalue weighted by atomic mass is 9.90. The van der Waals surface area contributed by atoms with Gasteiger partial charge >= 0.3 is 12.2 Å². The Hall–Kier alpha value is -6.10. The molecule has 14 heteroatoms. The number of methoxy groups -OCH3 is 1. The van der Waals surface area contributed by atoms with Gasteiger partial charge < -0.3 is 40.2 Å². The number of hydrogen-bond acceptors (Lipinski definition) is 7. The minimum Gasteiger partial charge on any atom is -0.465 e. The number of rotatable bonds is 8. The number of imidazole rings is 2. The number of carbonyl (C=O) groups excluding carboxylic acids is 3. The molecule has 4 amide bonds. The van der Waals surface area contributed by atoms with Crippen molar-refractivity contribution in [3.05, 3.63) is 81.7 Å². The maximum absolute atomic E-state index is 13.9. The van der Waals surface area contributed by atoms with Gasteiger partial charge in [0.1, 0.15) is 23.7 Å². The van der Waals surface area contributed by atoms with Crippen molar-refractivity contribution in [1.29, 1.82) is 0 Å². The van der Waals surface area contributed by atoms with E-state index < -0.39 is 24.3 Å². The number of benzene rings is 2. The number of carbonyl (C=O) groups is 4. The van der Waals surface area contributed by atoms with Crippen molar-refractivity contribution in [2.24, 2.45) is 23.7 Å². The van der Waals surface area contributed by atoms with E-state index in [4.69, 9.17) is 14.7 Å². The smallest absolute Gasteiger partial charge is 0.407 e. The topological polar surface area (TPSA) is 186 Å². The summed E-state index contributed by atoms with van der Waals surface area (Å²) < 4.78 is 4.83. The fourth-order valence-electron chi connectivity index (χ4n) is 10.6. The Bertz CT molecular complexity index is 2550. The quantitative estimate of drug-likeness (QED) is 0.133. The van der Waals surface area contributed by atoms with Crippen LogP contribution in [0.1, 0.15) is 111 Å². The SMILES string of the molecule is COC(=O)N[C@H](C(=O)N1[C@@H]2C[C@H]2C[C@H]1c1nc2c([nH]1)-c1ccc(C#Cc3ccc4c(c3)CCc3nc([C@@H]5C[C@H]6C[C@H]6N5C(=O)[C@@H](NC(=O)O)C(C)C)[nH]c3-4)cc1CC2)C(C)C. The van der Waals surface area contributed by atoms with Crippen LogP contribution in [0, 0.1) is 35.5 Å². The Kier molecular flexibility index (Phi) is 9.49. The Morgan fingerprint density at radius 3 is 1.59 bits per heavy atom. The van der Waals surface area contributed by atoms with Gasteiger partial charge in [0, 0.05) is 34.3 Å². The predicted molar refractivity (Wildman–Crippen MR) is 225 cm³/mol. The van der Waals surface area contributed by atoms with Crippen molar-refractivity contribution < 1.29 is 29.0 Å². The fraction of sp³-hybridized carbons (Fsp3) is 0.489. The lowest BCUT2D eigenvalue weighted by Crippen LogP contribution is -2.52. The van der Waals surface area contributed by atoms with Gasteiger partial charge in [-0.3, -0.25) is 9.59 Å². The summed E-state index contributed by atoms with van der Waals surface area (Å²) >= 11 is 0. The average Bonchev–Trinajstić information content (AvgIpc) is 3.89. The molecule has 10 rings (SSSR count). The molecule has 2 aromatic heterocycles. The van der Waals surface area contributed by atoms with Gasteiger partial charge in [-0.1, -0.05) is 51.7 Å². The zero-order chi connectivity index (χ0) is 42.4. The van der Waals surface area contributed by atoms with Gasteiger partial charge in [0.15, 0.2) is 0 Å². The van der Waals surface area contributed by atoms with Crippen LogP contribution >= 0.6 is 0 Å². The van der Waals surface area contributed by atoms with Crippen molar-refractivity contribution in [2.75, 3.05) is 7.11 Å². The summed E-state index contributed by atoms with van der Waals surface area (Å²) in [6.07, 6.45) is 5.08. The first kappa shape index (κ1) is 39.1. The number of hydrogen-bond donors (Lipinski definition) is 5. The number of nitrogens with zero attached hydrogens (tertiary/aromatic N) is 4. The van der Waals surface area contributed by atoms with E-state index in [0.29, 0.717) is 11.8 Å². The molecule has 2 saturated heterocycles. The number of H-pyrrole nitrogens is 2. The standard InChI is InChI=1S/C47H52N8O6/c1-22(2)38(52-46(58)59)44(56)54-34-18-28(34)20-36(54)42-48-32-14-10-26-16-24(8-12-30(26)40(32)50-42)6-7-25-9-13-31-27(17-25)11-15-33-41(31)51-43(49-33)37-21-29-19-35(29)55(37)45(57)39(23(3)4)53-47(60)61-5/h8-9,12-13,16-17,22-23,28-29,34-39,52H,10-11,14-15,18-21H2,1-5H3,(H,48,50)(H,49,51)(H,53,60)(H,58,59)/t28-,29+,34-,35-,36+,37+,38+,39+/m1/s1. The maximum atomic E-state index is 13.9. The number of carboxylic acid groups (broad SMARTS) is 1. The number of ether oxygens (including phenoxy) is 1. The van der Waals surface area contributed by atoms with Crippen LogP contribution in [0.25, 0.3) is 22.5 Å². The minimum atomic E-state index is -1.19. The second kappa shape index (κ2) is 14.8. The molecule has 4 fully saturated rings. The van der Waals surface area contributed by atoms with Crippen molar-refractivity contribution in [2.45, 2.75) is 115 Å². The molecule has 0 unspecified atom stereocenters. The van der Waals surface area contributed by atoms with Gasteiger partial charge in [-0.25, -0.2) is 19.6 Å². The molecule has 4 aliphatic carbocycles. The van der Waals surface area contributed by atoms with Gasteiger partial charge in [-0.2, -0.15) is 0 Å². The van der Waals surface area contributed by atoms with E-state index in [1.165, 1.54) is 18.2 Å². The zero-order valence-electron chi connectivity index (χ0n) is 35.2. The largest absolute Gasteiger partial charge is 0.465 e. The predicted octanol–water partition coefficient (Wildman–Crippen LogP) is 6.06. The summed E-state index contributed by atoms with van der Waals surface area (Å²) in [6, 6.07) is 11.2. The highest BCUT2D eigenvalue weighted by Crippen LogP contribution is 2.55. The lowest BCUT2D eigenvalue weighted by molar-refractivity contribution is -0.137. The first-order valence-electron chi connectivity index (χ1n) is 21.8. The fourth-order valence-corrected chi connectivity index (χ4v) is 10.6. The van der Waals surface area contributed by atoms with Crippen LogP contribution in [0.15, 0.2) is 36.4 Å². The number of piperidine rings is 2. The molecule has 0 bridgehead atoms. The maximum Gasteiger partial charge on any atom is 0.407 e. The van der Waals surface area contributed by atoms with E-state index in [0.717, 1.165) is 108 Å². The third-order valence-corrected chi connectivity index (χ3v) is 13.9. The number of alkyl carbamates (subject to hydrolysis) is 1. The molecule has 8 atom stereocenters. The van der Waals surface area contributed by atoms with E-state index in [9.17, 15) is 24.3 Å². The van der Waals surface area contributed by atoms with Crippen molar-refractivity contribution in [3.63, 3.8) is 0 Å². The molecule has 6 aliphatic rings. The molecule has 0 radical (unpaired) electrons. The summed E-state index contributed by atoms with van der Waals surface area (Å²) in [5.74, 6) is 8.76. The Labute approximate surface area is 354 Å². The van der Waals surface area contributed by atoms with Crippen LogP contribution in [-0.4, -0.2) is 90.1 Å². The first-order valence-corrected chi connectivity index (χ1v) is 21.8. The molecule has 61 heavy (non-hydrogen) atoms. The summed E-state index contributed by atoms with van der Waals surface area (Å²) in [6.45, 7) is 7.60. The second-order valence-electron chi connectivity index (χ2n) is 18.5. The molecule has 4 aromatic rings. The minimum absolute atomic E-state index is 0.0843. The van der Waals surface area contributed by atoms with Crippen LogP contribution in [-0.2, 0) is 40.0 Å². The van der Waals surface area contributed by atoms with E-state index in [-0.39, 0.29) is 47.8 Å². The van der Waals surface area contributed by atoms with Crippen molar-refractivity contribution >= 4 is 24.0 Å². The zero-order valence-corrected chi connectivity index (χ0v) is 35.2. The summed E-state index contributed by atoms with van der Waals surface area (Å²) in [5, 5.41) is 14.7. The number of nitrogens with one attached hydrogen (secondary N) is 4. The van der Waals surface area contributed by atoms with Crippen LogP contribution < -0.4 is 10.6 Å². The van der Waals surface area contributed by atoms with E-state index >= 15 is 0 Å². The molecule has 2 saturated carbocycles. The van der Waals surface area contributed by atoms with Gasteiger partial charge in [0.05, 0.1) is 42.0 Å². The number of likely N-dealkylation sites (tertiary alicyclic amines) is 2. The third-order valence-electron chi connectivity index (χ3n) is 13.9. The second-order valence-corrected chi connectivity index (χ2v) is 18.5. The normalized spacial score (nSPS) is 24.6. The van der Waals surface area contributed by atoms with Crippen LogP contribution in [0.3, 0.4) is 0 Å².